The molecule has 2 heterocycles. The van der Waals surface area contributed by atoms with Crippen LogP contribution in [0, 0.1) is 0 Å². The van der Waals surface area contributed by atoms with E-state index in [9.17, 15) is 9.59 Å². The Hall–Kier alpha value is -2.12. The maximum absolute atomic E-state index is 12.5. The van der Waals surface area contributed by atoms with E-state index in [-0.39, 0.29) is 36.5 Å². The third kappa shape index (κ3) is 3.37. The average Bonchev–Trinajstić information content (AvgIpc) is 2.90. The van der Waals surface area contributed by atoms with E-state index in [1.165, 1.54) is 4.68 Å². The van der Waals surface area contributed by atoms with Gasteiger partial charge in [-0.25, -0.2) is 14.0 Å². The largest absolute Gasteiger partial charge is 0.350 e. The number of amides is 1. The standard InChI is InChI=1S/C16H21N5O2.ClH/c1-19-16(23)21(13-7-3-2-4-8-13)15(18-19)12-6-5-9-20(11-12)14(22)10-17;/h2-4,7-8,12H,5-6,9-11,17H2,1H3;1H. The Kier molecular flexibility index (Phi) is 5.80. The van der Waals surface area contributed by atoms with Gasteiger partial charge in [-0.1, -0.05) is 18.2 Å². The number of nitrogens with zero attached hydrogens (tertiary/aromatic N) is 4. The lowest BCUT2D eigenvalue weighted by Crippen LogP contribution is -2.42. The van der Waals surface area contributed by atoms with Gasteiger partial charge in [-0.2, -0.15) is 5.10 Å². The number of benzene rings is 1. The van der Waals surface area contributed by atoms with Crippen molar-refractivity contribution in [1.29, 1.82) is 0 Å². The van der Waals surface area contributed by atoms with Crippen molar-refractivity contribution >= 4 is 18.3 Å². The number of aromatic nitrogens is 3. The average molecular weight is 352 g/mol. The monoisotopic (exact) mass is 351 g/mol. The van der Waals surface area contributed by atoms with Crippen LogP contribution in [0.15, 0.2) is 35.1 Å². The molecular weight excluding hydrogens is 330 g/mol. The highest BCUT2D eigenvalue weighted by atomic mass is 35.5. The fraction of sp³-hybridized carbons (Fsp3) is 0.438. The maximum Gasteiger partial charge on any atom is 0.350 e. The molecule has 1 aromatic carbocycles. The van der Waals surface area contributed by atoms with Gasteiger partial charge in [0.25, 0.3) is 0 Å². The number of aryl methyl sites for hydroxylation is 1. The predicted octanol–water partition coefficient (Wildman–Crippen LogP) is 0.658. The zero-order valence-corrected chi connectivity index (χ0v) is 14.4. The molecule has 1 atom stereocenters. The molecule has 0 aliphatic carbocycles. The van der Waals surface area contributed by atoms with Gasteiger partial charge < -0.3 is 10.6 Å². The first-order valence-corrected chi connectivity index (χ1v) is 7.81. The molecule has 8 heteroatoms. The molecular formula is C16H22ClN5O2. The summed E-state index contributed by atoms with van der Waals surface area (Å²) in [5.74, 6) is 0.686. The van der Waals surface area contributed by atoms with E-state index in [2.05, 4.69) is 5.10 Å². The third-order valence-corrected chi connectivity index (χ3v) is 4.28. The van der Waals surface area contributed by atoms with Crippen LogP contribution < -0.4 is 11.4 Å². The molecule has 1 fully saturated rings. The van der Waals surface area contributed by atoms with E-state index >= 15 is 0 Å². The summed E-state index contributed by atoms with van der Waals surface area (Å²) in [6.45, 7) is 1.29. The summed E-state index contributed by atoms with van der Waals surface area (Å²) in [4.78, 5) is 26.1. The molecule has 1 aromatic heterocycles. The number of nitrogens with two attached hydrogens (primary N) is 1. The molecule has 0 bridgehead atoms. The second-order valence-electron chi connectivity index (χ2n) is 5.82. The molecule has 1 aliphatic heterocycles. The van der Waals surface area contributed by atoms with Crippen molar-refractivity contribution < 1.29 is 4.79 Å². The number of para-hydroxylation sites is 1. The Morgan fingerprint density at radius 2 is 2.04 bits per heavy atom. The Labute approximate surface area is 146 Å². The van der Waals surface area contributed by atoms with E-state index in [1.54, 1.807) is 16.5 Å². The molecule has 0 spiro atoms. The summed E-state index contributed by atoms with van der Waals surface area (Å²) in [6.07, 6.45) is 1.79. The highest BCUT2D eigenvalue weighted by molar-refractivity contribution is 5.85. The number of piperidine rings is 1. The lowest BCUT2D eigenvalue weighted by Gasteiger charge is -2.32. The summed E-state index contributed by atoms with van der Waals surface area (Å²) >= 11 is 0. The van der Waals surface area contributed by atoms with Crippen LogP contribution in [-0.2, 0) is 11.8 Å². The fourth-order valence-corrected chi connectivity index (χ4v) is 3.11. The molecule has 130 valence electrons. The molecule has 1 amide bonds. The Morgan fingerprint density at radius 3 is 2.71 bits per heavy atom. The van der Waals surface area contributed by atoms with E-state index in [0.29, 0.717) is 12.4 Å². The number of rotatable bonds is 3. The number of likely N-dealkylation sites (tertiary alicyclic amines) is 1. The second-order valence-corrected chi connectivity index (χ2v) is 5.82. The van der Waals surface area contributed by atoms with Crippen molar-refractivity contribution in [1.82, 2.24) is 19.2 Å². The van der Waals surface area contributed by atoms with Crippen molar-refractivity contribution in [2.45, 2.75) is 18.8 Å². The zero-order chi connectivity index (χ0) is 16.4. The van der Waals surface area contributed by atoms with Gasteiger partial charge in [-0.3, -0.25) is 4.79 Å². The molecule has 0 saturated carbocycles. The van der Waals surface area contributed by atoms with Crippen LogP contribution in [-0.4, -0.2) is 44.8 Å². The Morgan fingerprint density at radius 1 is 1.33 bits per heavy atom. The molecule has 24 heavy (non-hydrogen) atoms. The van der Waals surface area contributed by atoms with Gasteiger partial charge in [-0.15, -0.1) is 12.4 Å². The number of halogens is 1. The molecule has 2 N–H and O–H groups in total. The highest BCUT2D eigenvalue weighted by Crippen LogP contribution is 2.26. The zero-order valence-electron chi connectivity index (χ0n) is 13.6. The van der Waals surface area contributed by atoms with Crippen molar-refractivity contribution in [3.63, 3.8) is 0 Å². The van der Waals surface area contributed by atoms with Crippen LogP contribution in [0.2, 0.25) is 0 Å². The predicted molar refractivity (Wildman–Crippen MR) is 93.7 cm³/mol. The van der Waals surface area contributed by atoms with Gasteiger partial charge in [0.2, 0.25) is 5.91 Å². The summed E-state index contributed by atoms with van der Waals surface area (Å²) in [5, 5.41) is 4.43. The Bertz CT molecular complexity index is 756. The Balaban J connectivity index is 0.00000208. The number of hydrogen-bond acceptors (Lipinski definition) is 4. The molecule has 7 nitrogen and oxygen atoms in total. The normalized spacial score (nSPS) is 17.4. The van der Waals surface area contributed by atoms with Crippen LogP contribution in [0.1, 0.15) is 24.6 Å². The first-order valence-electron chi connectivity index (χ1n) is 7.81. The summed E-state index contributed by atoms with van der Waals surface area (Å²) < 4.78 is 2.99. The van der Waals surface area contributed by atoms with Crippen molar-refractivity contribution in [3.8, 4) is 5.69 Å². The fourth-order valence-electron chi connectivity index (χ4n) is 3.11. The van der Waals surface area contributed by atoms with E-state index in [0.717, 1.165) is 25.1 Å². The number of carbonyl (C=O) groups is 1. The first-order chi connectivity index (χ1) is 11.1. The van der Waals surface area contributed by atoms with Crippen LogP contribution in [0.5, 0.6) is 0 Å². The minimum absolute atomic E-state index is 0. The molecule has 1 saturated heterocycles. The molecule has 2 aromatic rings. The lowest BCUT2D eigenvalue weighted by molar-refractivity contribution is -0.130. The number of hydrogen-bond donors (Lipinski definition) is 1. The van der Waals surface area contributed by atoms with Crippen molar-refractivity contribution in [3.05, 3.63) is 46.6 Å². The summed E-state index contributed by atoms with van der Waals surface area (Å²) in [5.41, 5.74) is 6.09. The summed E-state index contributed by atoms with van der Waals surface area (Å²) in [7, 11) is 1.65. The maximum atomic E-state index is 12.5. The minimum Gasteiger partial charge on any atom is -0.341 e. The van der Waals surface area contributed by atoms with Crippen LogP contribution in [0.4, 0.5) is 0 Å². The molecule has 3 rings (SSSR count). The second kappa shape index (κ2) is 7.63. The van der Waals surface area contributed by atoms with Gasteiger partial charge >= 0.3 is 5.69 Å². The van der Waals surface area contributed by atoms with E-state index < -0.39 is 0 Å². The smallest absolute Gasteiger partial charge is 0.341 e. The van der Waals surface area contributed by atoms with Crippen molar-refractivity contribution in [2.24, 2.45) is 12.8 Å². The third-order valence-electron chi connectivity index (χ3n) is 4.28. The van der Waals surface area contributed by atoms with Gasteiger partial charge in [0.15, 0.2) is 0 Å². The molecule has 1 aliphatic rings. The molecule has 1 unspecified atom stereocenters. The van der Waals surface area contributed by atoms with Crippen LogP contribution in [0.3, 0.4) is 0 Å². The van der Waals surface area contributed by atoms with E-state index in [1.807, 2.05) is 30.3 Å². The van der Waals surface area contributed by atoms with Gasteiger partial charge in [0.1, 0.15) is 5.82 Å². The number of carbonyl (C=O) groups excluding carboxylic acids is 1. The first kappa shape index (κ1) is 18.2. The highest BCUT2D eigenvalue weighted by Gasteiger charge is 2.29. The summed E-state index contributed by atoms with van der Waals surface area (Å²) in [6, 6.07) is 9.47. The SMILES string of the molecule is Cl.Cn1nc(C2CCCN(C(=O)CN)C2)n(-c2ccccc2)c1=O. The molecule has 0 radical (unpaired) electrons. The van der Waals surface area contributed by atoms with Gasteiger partial charge in [0.05, 0.1) is 12.2 Å². The van der Waals surface area contributed by atoms with Crippen molar-refractivity contribution in [2.75, 3.05) is 19.6 Å². The van der Waals surface area contributed by atoms with E-state index in [4.69, 9.17) is 5.73 Å². The van der Waals surface area contributed by atoms with Gasteiger partial charge in [-0.05, 0) is 25.0 Å². The quantitative estimate of drug-likeness (QED) is 0.880. The topological polar surface area (TPSA) is 86.2 Å². The van der Waals surface area contributed by atoms with Gasteiger partial charge in [0, 0.05) is 26.1 Å². The lowest BCUT2D eigenvalue weighted by atomic mass is 9.97. The van der Waals surface area contributed by atoms with Crippen LogP contribution >= 0.6 is 12.4 Å². The van der Waals surface area contributed by atoms with Crippen LogP contribution in [0.25, 0.3) is 5.69 Å². The minimum atomic E-state index is -0.173.